The Morgan fingerprint density at radius 2 is 1.87 bits per heavy atom. The lowest BCUT2D eigenvalue weighted by atomic mass is 10.1. The summed E-state index contributed by atoms with van der Waals surface area (Å²) >= 11 is 3.46. The summed E-state index contributed by atoms with van der Waals surface area (Å²) in [6.07, 6.45) is 0. The number of hydrogen-bond donors (Lipinski definition) is 2. The van der Waals surface area contributed by atoms with Gasteiger partial charge in [-0.1, -0.05) is 46.3 Å². The Kier molecular flexibility index (Phi) is 5.54. The second kappa shape index (κ2) is 7.81. The van der Waals surface area contributed by atoms with Crippen molar-refractivity contribution in [1.29, 1.82) is 0 Å². The maximum atomic E-state index is 6.15. The third kappa shape index (κ3) is 4.47. The van der Waals surface area contributed by atoms with Gasteiger partial charge in [0, 0.05) is 24.1 Å². The zero-order chi connectivity index (χ0) is 16.1. The third-order valence-corrected chi connectivity index (χ3v) is 4.58. The van der Waals surface area contributed by atoms with Crippen molar-refractivity contribution < 1.29 is 4.74 Å². The fraction of sp³-hybridized carbons (Fsp3) is 0.333. The van der Waals surface area contributed by atoms with Crippen molar-refractivity contribution >= 4 is 27.3 Å². The van der Waals surface area contributed by atoms with E-state index in [0.29, 0.717) is 0 Å². The Morgan fingerprint density at radius 3 is 2.57 bits per heavy atom. The monoisotopic (exact) mass is 375 g/mol. The van der Waals surface area contributed by atoms with Crippen LogP contribution in [0.5, 0.6) is 0 Å². The normalized spacial score (nSPS) is 16.9. The molecule has 0 bridgehead atoms. The van der Waals surface area contributed by atoms with E-state index in [2.05, 4.69) is 50.4 Å². The topological polar surface area (TPSA) is 50.5 Å². The van der Waals surface area contributed by atoms with Crippen LogP contribution in [0.15, 0.2) is 53.0 Å². The summed E-state index contributed by atoms with van der Waals surface area (Å²) in [6, 6.07) is 16.7. The Bertz CT molecular complexity index is 629. The maximum absolute atomic E-state index is 6.15. The highest BCUT2D eigenvalue weighted by molar-refractivity contribution is 9.10. The van der Waals surface area contributed by atoms with Crippen LogP contribution in [0.2, 0.25) is 0 Å². The molecule has 1 aliphatic rings. The summed E-state index contributed by atoms with van der Waals surface area (Å²) in [5.74, 6) is 0. The average Bonchev–Trinajstić information content (AvgIpc) is 2.58. The van der Waals surface area contributed by atoms with Crippen LogP contribution < -0.4 is 11.1 Å². The van der Waals surface area contributed by atoms with E-state index in [1.807, 2.05) is 24.3 Å². The molecule has 2 aromatic rings. The van der Waals surface area contributed by atoms with E-state index in [1.54, 1.807) is 0 Å². The minimum absolute atomic E-state index is 0.192. The van der Waals surface area contributed by atoms with Crippen LogP contribution in [-0.2, 0) is 4.74 Å². The van der Waals surface area contributed by atoms with Crippen LogP contribution in [-0.4, -0.2) is 37.7 Å². The van der Waals surface area contributed by atoms with Gasteiger partial charge in [0.1, 0.15) is 0 Å². The Morgan fingerprint density at radius 1 is 1.13 bits per heavy atom. The van der Waals surface area contributed by atoms with Gasteiger partial charge >= 0.3 is 0 Å². The largest absolute Gasteiger partial charge is 0.397 e. The van der Waals surface area contributed by atoms with E-state index >= 15 is 0 Å². The van der Waals surface area contributed by atoms with E-state index in [1.165, 1.54) is 5.56 Å². The van der Waals surface area contributed by atoms with Gasteiger partial charge in [0.25, 0.3) is 0 Å². The number of nitrogens with one attached hydrogen (secondary N) is 1. The number of halogens is 1. The molecule has 0 amide bonds. The van der Waals surface area contributed by atoms with Crippen molar-refractivity contribution in [2.75, 3.05) is 43.9 Å². The van der Waals surface area contributed by atoms with Gasteiger partial charge in [-0.2, -0.15) is 0 Å². The van der Waals surface area contributed by atoms with Gasteiger partial charge in [-0.3, -0.25) is 4.90 Å². The predicted octanol–water partition coefficient (Wildman–Crippen LogP) is 3.52. The maximum Gasteiger partial charge on any atom is 0.0641 e. The molecule has 1 atom stereocenters. The summed E-state index contributed by atoms with van der Waals surface area (Å²) in [5.41, 5.74) is 9.14. The van der Waals surface area contributed by atoms with Crippen molar-refractivity contribution in [2.45, 2.75) is 6.04 Å². The Labute approximate surface area is 145 Å². The standard InChI is InChI=1S/C18H22BrN3O/c19-15-6-7-17(16(20)12-15)21-18(14-4-2-1-3-5-14)13-22-8-10-23-11-9-22/h1-7,12,18,21H,8-11,13,20H2. The summed E-state index contributed by atoms with van der Waals surface area (Å²) in [4.78, 5) is 2.43. The first-order valence-electron chi connectivity index (χ1n) is 7.89. The Hall–Kier alpha value is -1.56. The van der Waals surface area contributed by atoms with Gasteiger partial charge in [0.15, 0.2) is 0 Å². The highest BCUT2D eigenvalue weighted by Crippen LogP contribution is 2.28. The zero-order valence-corrected chi connectivity index (χ0v) is 14.6. The molecule has 0 saturated carbocycles. The van der Waals surface area contributed by atoms with Crippen molar-refractivity contribution in [2.24, 2.45) is 0 Å². The summed E-state index contributed by atoms with van der Waals surface area (Å²) < 4.78 is 6.44. The summed E-state index contributed by atoms with van der Waals surface area (Å²) in [5, 5.41) is 3.61. The zero-order valence-electron chi connectivity index (χ0n) is 13.0. The molecule has 1 saturated heterocycles. The van der Waals surface area contributed by atoms with Crippen molar-refractivity contribution in [1.82, 2.24) is 4.90 Å². The molecule has 2 aromatic carbocycles. The number of benzene rings is 2. The molecule has 0 aromatic heterocycles. The number of nitrogens with zero attached hydrogens (tertiary/aromatic N) is 1. The molecule has 1 heterocycles. The van der Waals surface area contributed by atoms with E-state index in [4.69, 9.17) is 10.5 Å². The predicted molar refractivity (Wildman–Crippen MR) is 98.6 cm³/mol. The number of nitrogens with two attached hydrogens (primary N) is 1. The first-order chi connectivity index (χ1) is 11.2. The molecule has 5 heteroatoms. The van der Waals surface area contributed by atoms with E-state index < -0.39 is 0 Å². The molecule has 4 nitrogen and oxygen atoms in total. The van der Waals surface area contributed by atoms with Gasteiger partial charge in [-0.25, -0.2) is 0 Å². The highest BCUT2D eigenvalue weighted by Gasteiger charge is 2.19. The number of morpholine rings is 1. The molecule has 1 unspecified atom stereocenters. The molecule has 1 fully saturated rings. The molecule has 0 radical (unpaired) electrons. The lowest BCUT2D eigenvalue weighted by molar-refractivity contribution is 0.0361. The molecule has 23 heavy (non-hydrogen) atoms. The SMILES string of the molecule is Nc1cc(Br)ccc1NC(CN1CCOCC1)c1ccccc1. The molecule has 1 aliphatic heterocycles. The van der Waals surface area contributed by atoms with Crippen molar-refractivity contribution in [3.05, 3.63) is 58.6 Å². The lowest BCUT2D eigenvalue weighted by Gasteiger charge is -2.31. The fourth-order valence-corrected chi connectivity index (χ4v) is 3.19. The molecular weight excluding hydrogens is 354 g/mol. The molecule has 3 N–H and O–H groups in total. The van der Waals surface area contributed by atoms with E-state index in [-0.39, 0.29) is 6.04 Å². The van der Waals surface area contributed by atoms with Gasteiger partial charge < -0.3 is 15.8 Å². The van der Waals surface area contributed by atoms with Crippen LogP contribution in [0.25, 0.3) is 0 Å². The van der Waals surface area contributed by atoms with Gasteiger partial charge in [-0.05, 0) is 23.8 Å². The molecular formula is C18H22BrN3O. The molecule has 122 valence electrons. The first kappa shape index (κ1) is 16.3. The van der Waals surface area contributed by atoms with Crippen molar-refractivity contribution in [3.63, 3.8) is 0 Å². The van der Waals surface area contributed by atoms with Crippen LogP contribution in [0.1, 0.15) is 11.6 Å². The van der Waals surface area contributed by atoms with Crippen LogP contribution in [0, 0.1) is 0 Å². The number of hydrogen-bond acceptors (Lipinski definition) is 4. The summed E-state index contributed by atoms with van der Waals surface area (Å²) in [6.45, 7) is 4.49. The van der Waals surface area contributed by atoms with Gasteiger partial charge in [0.05, 0.1) is 30.6 Å². The second-order valence-electron chi connectivity index (χ2n) is 5.75. The van der Waals surface area contributed by atoms with E-state index in [9.17, 15) is 0 Å². The molecule has 0 spiro atoms. The van der Waals surface area contributed by atoms with Crippen LogP contribution in [0.3, 0.4) is 0 Å². The van der Waals surface area contributed by atoms with Crippen LogP contribution >= 0.6 is 15.9 Å². The molecule has 0 aliphatic carbocycles. The average molecular weight is 376 g/mol. The third-order valence-electron chi connectivity index (χ3n) is 4.09. The number of anilines is 2. The fourth-order valence-electron chi connectivity index (χ4n) is 2.81. The first-order valence-corrected chi connectivity index (χ1v) is 8.68. The quantitative estimate of drug-likeness (QED) is 0.785. The number of nitrogen functional groups attached to an aromatic ring is 1. The van der Waals surface area contributed by atoms with Gasteiger partial charge in [0.2, 0.25) is 0 Å². The minimum Gasteiger partial charge on any atom is -0.397 e. The number of rotatable bonds is 5. The van der Waals surface area contributed by atoms with Gasteiger partial charge in [-0.15, -0.1) is 0 Å². The smallest absolute Gasteiger partial charge is 0.0641 e. The molecule has 3 rings (SSSR count). The second-order valence-corrected chi connectivity index (χ2v) is 6.67. The minimum atomic E-state index is 0.192. The van der Waals surface area contributed by atoms with Crippen molar-refractivity contribution in [3.8, 4) is 0 Å². The Balaban J connectivity index is 1.79. The van der Waals surface area contributed by atoms with E-state index in [0.717, 1.165) is 48.7 Å². The van der Waals surface area contributed by atoms with Crippen LogP contribution in [0.4, 0.5) is 11.4 Å². The summed E-state index contributed by atoms with van der Waals surface area (Å²) in [7, 11) is 0. The lowest BCUT2D eigenvalue weighted by Crippen LogP contribution is -2.40. The highest BCUT2D eigenvalue weighted by atomic mass is 79.9. The number of ether oxygens (including phenoxy) is 1.